The number of aryl methyl sites for hydroxylation is 2. The van der Waals surface area contributed by atoms with Crippen LogP contribution >= 0.6 is 0 Å². The van der Waals surface area contributed by atoms with Crippen molar-refractivity contribution in [3.05, 3.63) is 34.9 Å². The maximum absolute atomic E-state index is 14.1. The molecule has 11 nitrogen and oxygen atoms in total. The highest BCUT2D eigenvalue weighted by atomic mass is 16.6. The van der Waals surface area contributed by atoms with Crippen molar-refractivity contribution >= 4 is 29.8 Å². The van der Waals surface area contributed by atoms with E-state index in [2.05, 4.69) is 10.6 Å². The lowest BCUT2D eigenvalue weighted by atomic mass is 9.92. The van der Waals surface area contributed by atoms with Gasteiger partial charge in [-0.15, -0.1) is 0 Å². The fourth-order valence-electron chi connectivity index (χ4n) is 4.10. The number of nitrogens with zero attached hydrogens (tertiary/aromatic N) is 1. The minimum Gasteiger partial charge on any atom is -0.466 e. The molecule has 0 radical (unpaired) electrons. The number of amides is 4. The molecular formula is C28H44N4O7. The van der Waals surface area contributed by atoms with Crippen molar-refractivity contribution in [3.8, 4) is 0 Å². The van der Waals surface area contributed by atoms with Crippen LogP contribution in [0.5, 0.6) is 0 Å². The van der Waals surface area contributed by atoms with Gasteiger partial charge in [0.25, 0.3) is 0 Å². The van der Waals surface area contributed by atoms with Gasteiger partial charge in [0, 0.05) is 12.6 Å². The third-order valence-corrected chi connectivity index (χ3v) is 5.99. The number of esters is 1. The van der Waals surface area contributed by atoms with Crippen LogP contribution in [0.2, 0.25) is 0 Å². The maximum Gasteiger partial charge on any atom is 0.408 e. The van der Waals surface area contributed by atoms with Gasteiger partial charge in [-0.1, -0.05) is 25.1 Å². The summed E-state index contributed by atoms with van der Waals surface area (Å²) < 4.78 is 10.2. The average Bonchev–Trinajstić information content (AvgIpc) is 2.80. The molecule has 11 heteroatoms. The lowest BCUT2D eigenvalue weighted by Crippen LogP contribution is -2.56. The van der Waals surface area contributed by atoms with Crippen molar-refractivity contribution in [2.45, 2.75) is 98.4 Å². The number of nitrogens with one attached hydrogen (secondary N) is 2. The molecule has 0 saturated carbocycles. The molecule has 0 spiro atoms. The number of rotatable bonds is 13. The van der Waals surface area contributed by atoms with Crippen LogP contribution in [0.1, 0.15) is 83.5 Å². The van der Waals surface area contributed by atoms with Crippen LogP contribution < -0.4 is 16.4 Å². The zero-order chi connectivity index (χ0) is 29.9. The molecule has 0 heterocycles. The summed E-state index contributed by atoms with van der Waals surface area (Å²) in [5.74, 6) is -2.45. The summed E-state index contributed by atoms with van der Waals surface area (Å²) in [4.78, 5) is 65.5. The molecule has 0 bridgehead atoms. The van der Waals surface area contributed by atoms with Gasteiger partial charge in [0.1, 0.15) is 17.7 Å². The predicted octanol–water partition coefficient (Wildman–Crippen LogP) is 2.81. The normalized spacial score (nSPS) is 13.4. The van der Waals surface area contributed by atoms with Crippen molar-refractivity contribution in [1.82, 2.24) is 15.5 Å². The second kappa shape index (κ2) is 15.1. The molecular weight excluding hydrogens is 504 g/mol. The lowest BCUT2D eigenvalue weighted by Gasteiger charge is -2.39. The van der Waals surface area contributed by atoms with E-state index in [1.165, 1.54) is 4.90 Å². The molecule has 218 valence electrons. The average molecular weight is 549 g/mol. The Kier molecular flexibility index (Phi) is 12.9. The Hall–Kier alpha value is -3.63. The predicted molar refractivity (Wildman–Crippen MR) is 146 cm³/mol. The molecule has 1 aromatic rings. The zero-order valence-corrected chi connectivity index (χ0v) is 24.4. The van der Waals surface area contributed by atoms with Crippen molar-refractivity contribution < 1.29 is 33.4 Å². The number of nitrogens with two attached hydrogens (primary N) is 1. The van der Waals surface area contributed by atoms with Gasteiger partial charge < -0.3 is 30.7 Å². The highest BCUT2D eigenvalue weighted by molar-refractivity contribution is 5.95. The zero-order valence-electron chi connectivity index (χ0n) is 24.4. The topological polar surface area (TPSA) is 157 Å². The number of carbonyl (C=O) groups is 5. The van der Waals surface area contributed by atoms with E-state index in [9.17, 15) is 24.0 Å². The van der Waals surface area contributed by atoms with E-state index < -0.39 is 59.9 Å². The van der Waals surface area contributed by atoms with E-state index in [1.807, 2.05) is 39.0 Å². The summed E-state index contributed by atoms with van der Waals surface area (Å²) in [6.07, 6.45) is -0.955. The molecule has 0 fully saturated rings. The van der Waals surface area contributed by atoms with Crippen molar-refractivity contribution in [2.75, 3.05) is 13.2 Å². The van der Waals surface area contributed by atoms with Crippen LogP contribution in [0.3, 0.4) is 0 Å². The van der Waals surface area contributed by atoms with Crippen LogP contribution in [0.4, 0.5) is 4.79 Å². The molecule has 1 aromatic carbocycles. The first-order valence-corrected chi connectivity index (χ1v) is 13.2. The number of carbonyl (C=O) groups excluding carboxylic acids is 5. The van der Waals surface area contributed by atoms with Crippen LogP contribution in [0.15, 0.2) is 18.2 Å². The SMILES string of the molecule is CCOC(=O)CCNC(=O)C(c1c(C)cccc1C)N(C(=O)C(CC(N)=O)NC(=O)OC(C)(C)C)C(C)CC. The first-order valence-electron chi connectivity index (χ1n) is 13.2. The van der Waals surface area contributed by atoms with E-state index in [-0.39, 0.29) is 19.6 Å². The maximum atomic E-state index is 14.1. The number of hydrogen-bond acceptors (Lipinski definition) is 7. The summed E-state index contributed by atoms with van der Waals surface area (Å²) >= 11 is 0. The number of hydrogen-bond donors (Lipinski definition) is 3. The number of benzene rings is 1. The Labute approximate surface area is 231 Å². The van der Waals surface area contributed by atoms with E-state index in [1.54, 1.807) is 34.6 Å². The summed E-state index contributed by atoms with van der Waals surface area (Å²) in [5, 5.41) is 5.22. The van der Waals surface area contributed by atoms with Gasteiger partial charge in [-0.05, 0) is 71.6 Å². The quantitative estimate of drug-likeness (QED) is 0.320. The fraction of sp³-hybridized carbons (Fsp3) is 0.607. The Morgan fingerprint density at radius 3 is 2.13 bits per heavy atom. The molecule has 0 aliphatic carbocycles. The third-order valence-electron chi connectivity index (χ3n) is 5.99. The standard InChI is InChI=1S/C28H44N4O7/c1-9-19(5)32(26(36)20(16-21(29)33)31-27(37)39-28(6,7)8)24(23-17(3)12-11-13-18(23)4)25(35)30-15-14-22(34)38-10-2/h11-13,19-20,24H,9-10,14-16H2,1-8H3,(H2,29,33)(H,30,35)(H,31,37). The van der Waals surface area contributed by atoms with Gasteiger partial charge in [-0.3, -0.25) is 19.2 Å². The van der Waals surface area contributed by atoms with Crippen LogP contribution in [0, 0.1) is 13.8 Å². The van der Waals surface area contributed by atoms with Crippen LogP contribution in [-0.2, 0) is 28.7 Å². The van der Waals surface area contributed by atoms with Gasteiger partial charge in [-0.25, -0.2) is 4.79 Å². The largest absolute Gasteiger partial charge is 0.466 e. The number of ether oxygens (including phenoxy) is 2. The summed E-state index contributed by atoms with van der Waals surface area (Å²) in [6, 6.07) is 2.55. The minimum atomic E-state index is -1.37. The molecule has 4 amide bonds. The summed E-state index contributed by atoms with van der Waals surface area (Å²) in [5.41, 5.74) is 6.73. The molecule has 4 N–H and O–H groups in total. The van der Waals surface area contributed by atoms with Gasteiger partial charge in [-0.2, -0.15) is 0 Å². The Morgan fingerprint density at radius 1 is 1.05 bits per heavy atom. The van der Waals surface area contributed by atoms with E-state index >= 15 is 0 Å². The minimum absolute atomic E-state index is 0.00249. The second-order valence-electron chi connectivity index (χ2n) is 10.4. The molecule has 3 atom stereocenters. The van der Waals surface area contributed by atoms with Crippen molar-refractivity contribution in [1.29, 1.82) is 0 Å². The number of primary amides is 1. The Bertz CT molecular complexity index is 1010. The molecule has 0 aromatic heterocycles. The van der Waals surface area contributed by atoms with E-state index in [0.29, 0.717) is 12.0 Å². The first kappa shape index (κ1) is 33.4. The van der Waals surface area contributed by atoms with E-state index in [0.717, 1.165) is 11.1 Å². The summed E-state index contributed by atoms with van der Waals surface area (Å²) in [7, 11) is 0. The van der Waals surface area contributed by atoms with Gasteiger partial charge in [0.05, 0.1) is 19.4 Å². The first-order chi connectivity index (χ1) is 18.1. The van der Waals surface area contributed by atoms with Gasteiger partial charge in [0.15, 0.2) is 0 Å². The third kappa shape index (κ3) is 10.6. The van der Waals surface area contributed by atoms with Crippen molar-refractivity contribution in [2.24, 2.45) is 5.73 Å². The van der Waals surface area contributed by atoms with Crippen LogP contribution in [0.25, 0.3) is 0 Å². The Morgan fingerprint density at radius 2 is 1.64 bits per heavy atom. The monoisotopic (exact) mass is 548 g/mol. The summed E-state index contributed by atoms with van der Waals surface area (Å²) in [6.45, 7) is 14.2. The highest BCUT2D eigenvalue weighted by Crippen LogP contribution is 2.31. The molecule has 39 heavy (non-hydrogen) atoms. The molecule has 0 aliphatic rings. The second-order valence-corrected chi connectivity index (χ2v) is 10.4. The van der Waals surface area contributed by atoms with Gasteiger partial charge in [0.2, 0.25) is 17.7 Å². The highest BCUT2D eigenvalue weighted by Gasteiger charge is 2.40. The van der Waals surface area contributed by atoms with Crippen molar-refractivity contribution in [3.63, 3.8) is 0 Å². The smallest absolute Gasteiger partial charge is 0.408 e. The molecule has 3 unspecified atom stereocenters. The van der Waals surface area contributed by atoms with Crippen LogP contribution in [-0.4, -0.2) is 65.5 Å². The lowest BCUT2D eigenvalue weighted by molar-refractivity contribution is -0.146. The molecule has 0 aliphatic heterocycles. The van der Waals surface area contributed by atoms with Gasteiger partial charge >= 0.3 is 12.1 Å². The molecule has 0 saturated heterocycles. The van der Waals surface area contributed by atoms with E-state index in [4.69, 9.17) is 15.2 Å². The molecule has 1 rings (SSSR count). The Balaban J connectivity index is 3.57. The number of alkyl carbamates (subject to hydrolysis) is 1. The fourth-order valence-corrected chi connectivity index (χ4v) is 4.10.